The van der Waals surface area contributed by atoms with Gasteiger partial charge in [0.2, 0.25) is 5.91 Å². The zero-order chi connectivity index (χ0) is 12.3. The van der Waals surface area contributed by atoms with Crippen LogP contribution in [0.3, 0.4) is 0 Å². The number of benzene rings is 1. The summed E-state index contributed by atoms with van der Waals surface area (Å²) in [5.74, 6) is 0.920. The van der Waals surface area contributed by atoms with Gasteiger partial charge in [0.15, 0.2) is 0 Å². The van der Waals surface area contributed by atoms with Crippen LogP contribution in [0.25, 0.3) is 10.9 Å². The van der Waals surface area contributed by atoms with Gasteiger partial charge in [-0.2, -0.15) is 0 Å². The summed E-state index contributed by atoms with van der Waals surface area (Å²) >= 11 is 1.78. The van der Waals surface area contributed by atoms with Crippen molar-refractivity contribution in [3.8, 4) is 0 Å². The molecule has 0 saturated carbocycles. The van der Waals surface area contributed by atoms with Gasteiger partial charge in [0.25, 0.3) is 0 Å². The molecule has 0 aliphatic rings. The molecule has 0 spiro atoms. The molecule has 0 atom stereocenters. The fraction of sp³-hybridized carbons (Fsp3) is 0.308. The number of carbonyl (C=O) groups excluding carboxylic acids is 1. The summed E-state index contributed by atoms with van der Waals surface area (Å²) in [7, 11) is 0. The minimum absolute atomic E-state index is 0.0289. The summed E-state index contributed by atoms with van der Waals surface area (Å²) in [6.45, 7) is 4.33. The molecule has 3 nitrogen and oxygen atoms in total. The number of hydrogen-bond donors (Lipinski definition) is 2. The van der Waals surface area contributed by atoms with E-state index >= 15 is 0 Å². The molecule has 90 valence electrons. The van der Waals surface area contributed by atoms with E-state index < -0.39 is 0 Å². The monoisotopic (exact) mass is 248 g/mol. The first-order valence-corrected chi connectivity index (χ1v) is 6.61. The third kappa shape index (κ3) is 2.82. The molecule has 0 aliphatic heterocycles. The third-order valence-electron chi connectivity index (χ3n) is 2.56. The fourth-order valence-electron chi connectivity index (χ4n) is 1.82. The zero-order valence-electron chi connectivity index (χ0n) is 10.0. The number of rotatable bonds is 4. The van der Waals surface area contributed by atoms with Gasteiger partial charge in [-0.3, -0.25) is 4.79 Å². The lowest BCUT2D eigenvalue weighted by atomic mass is 10.2. The van der Waals surface area contributed by atoms with Gasteiger partial charge in [0.1, 0.15) is 0 Å². The Morgan fingerprint density at radius 3 is 2.94 bits per heavy atom. The van der Waals surface area contributed by atoms with E-state index in [9.17, 15) is 4.79 Å². The summed E-state index contributed by atoms with van der Waals surface area (Å²) in [4.78, 5) is 15.4. The number of aromatic amines is 1. The van der Waals surface area contributed by atoms with Crippen LogP contribution >= 0.6 is 11.8 Å². The van der Waals surface area contributed by atoms with E-state index in [4.69, 9.17) is 0 Å². The molecule has 0 fully saturated rings. The Kier molecular flexibility index (Phi) is 3.74. The van der Waals surface area contributed by atoms with Gasteiger partial charge >= 0.3 is 0 Å². The molecule has 0 radical (unpaired) electrons. The van der Waals surface area contributed by atoms with Crippen molar-refractivity contribution in [2.24, 2.45) is 0 Å². The van der Waals surface area contributed by atoms with Crippen LogP contribution in [-0.2, 0) is 4.79 Å². The molecule has 1 aromatic carbocycles. The first-order valence-electron chi connectivity index (χ1n) is 5.63. The van der Waals surface area contributed by atoms with Crippen LogP contribution in [0, 0.1) is 6.92 Å². The van der Waals surface area contributed by atoms with Gasteiger partial charge in [-0.1, -0.05) is 18.2 Å². The predicted molar refractivity (Wildman–Crippen MR) is 72.4 cm³/mol. The van der Waals surface area contributed by atoms with Crippen LogP contribution in [0.1, 0.15) is 12.6 Å². The number of thioether (sulfide) groups is 1. The first kappa shape index (κ1) is 12.0. The standard InChI is InChI=1S/C13H16N2OS/c1-9-13(17-8-7-14-10(2)16)11-5-3-4-6-12(11)15-9/h3-6,15H,7-8H2,1-2H3,(H,14,16). The average molecular weight is 248 g/mol. The molecule has 0 saturated heterocycles. The van der Waals surface area contributed by atoms with Crippen molar-refractivity contribution < 1.29 is 4.79 Å². The number of hydrogen-bond acceptors (Lipinski definition) is 2. The normalized spacial score (nSPS) is 10.7. The molecule has 1 aromatic heterocycles. The molecule has 0 aliphatic carbocycles. The highest BCUT2D eigenvalue weighted by Crippen LogP contribution is 2.30. The second kappa shape index (κ2) is 5.27. The van der Waals surface area contributed by atoms with E-state index in [0.717, 1.165) is 5.75 Å². The van der Waals surface area contributed by atoms with Crippen molar-refractivity contribution in [3.05, 3.63) is 30.0 Å². The minimum atomic E-state index is 0.0289. The number of carbonyl (C=O) groups is 1. The lowest BCUT2D eigenvalue weighted by molar-refractivity contribution is -0.118. The molecule has 17 heavy (non-hydrogen) atoms. The van der Waals surface area contributed by atoms with Crippen LogP contribution in [-0.4, -0.2) is 23.2 Å². The Labute approximate surface area is 105 Å². The number of para-hydroxylation sites is 1. The average Bonchev–Trinajstić information content (AvgIpc) is 2.60. The number of amides is 1. The number of aromatic nitrogens is 1. The van der Waals surface area contributed by atoms with Gasteiger partial charge in [0.05, 0.1) is 0 Å². The van der Waals surface area contributed by atoms with Gasteiger partial charge in [-0.15, -0.1) is 11.8 Å². The summed E-state index contributed by atoms with van der Waals surface area (Å²) in [5.41, 5.74) is 2.37. The lowest BCUT2D eigenvalue weighted by Gasteiger charge is -2.02. The van der Waals surface area contributed by atoms with Crippen molar-refractivity contribution in [3.63, 3.8) is 0 Å². The van der Waals surface area contributed by atoms with Crippen molar-refractivity contribution in [1.29, 1.82) is 0 Å². The van der Waals surface area contributed by atoms with Crippen LogP contribution in [0.2, 0.25) is 0 Å². The van der Waals surface area contributed by atoms with Crippen molar-refractivity contribution in [2.75, 3.05) is 12.3 Å². The van der Waals surface area contributed by atoms with Crippen molar-refractivity contribution in [1.82, 2.24) is 10.3 Å². The van der Waals surface area contributed by atoms with Gasteiger partial charge < -0.3 is 10.3 Å². The molecule has 1 amide bonds. The Morgan fingerprint density at radius 2 is 2.18 bits per heavy atom. The van der Waals surface area contributed by atoms with E-state index in [0.29, 0.717) is 6.54 Å². The SMILES string of the molecule is CC(=O)NCCSc1c(C)[nH]c2ccccc12. The van der Waals surface area contributed by atoms with E-state index in [2.05, 4.69) is 29.4 Å². The van der Waals surface area contributed by atoms with Gasteiger partial charge in [-0.05, 0) is 13.0 Å². The highest BCUT2D eigenvalue weighted by atomic mass is 32.2. The summed E-state index contributed by atoms with van der Waals surface area (Å²) in [6, 6.07) is 8.29. The molecular formula is C13H16N2OS. The van der Waals surface area contributed by atoms with Crippen molar-refractivity contribution >= 4 is 28.6 Å². The number of aryl methyl sites for hydroxylation is 1. The van der Waals surface area contributed by atoms with Crippen LogP contribution in [0.15, 0.2) is 29.2 Å². The number of H-pyrrole nitrogens is 1. The summed E-state index contributed by atoms with van der Waals surface area (Å²) in [5, 5.41) is 4.07. The third-order valence-corrected chi connectivity index (χ3v) is 3.78. The van der Waals surface area contributed by atoms with E-state index in [1.165, 1.54) is 21.5 Å². The molecule has 2 N–H and O–H groups in total. The maximum atomic E-state index is 10.8. The van der Waals surface area contributed by atoms with Gasteiger partial charge in [-0.25, -0.2) is 0 Å². The van der Waals surface area contributed by atoms with E-state index in [1.54, 1.807) is 18.7 Å². The summed E-state index contributed by atoms with van der Waals surface area (Å²) < 4.78 is 0. The Balaban J connectivity index is 2.07. The smallest absolute Gasteiger partial charge is 0.216 e. The van der Waals surface area contributed by atoms with Crippen LogP contribution < -0.4 is 5.32 Å². The Morgan fingerprint density at radius 1 is 1.41 bits per heavy atom. The Bertz CT molecular complexity index is 533. The van der Waals surface area contributed by atoms with Crippen LogP contribution in [0.5, 0.6) is 0 Å². The second-order valence-electron chi connectivity index (χ2n) is 3.96. The molecule has 4 heteroatoms. The Hall–Kier alpha value is -1.42. The topological polar surface area (TPSA) is 44.9 Å². The fourth-order valence-corrected chi connectivity index (χ4v) is 2.83. The molecule has 0 bridgehead atoms. The molecule has 0 unspecified atom stereocenters. The van der Waals surface area contributed by atoms with Crippen LogP contribution in [0.4, 0.5) is 0 Å². The molecule has 1 heterocycles. The molecule has 2 rings (SSSR count). The largest absolute Gasteiger partial charge is 0.358 e. The summed E-state index contributed by atoms with van der Waals surface area (Å²) in [6.07, 6.45) is 0. The minimum Gasteiger partial charge on any atom is -0.358 e. The van der Waals surface area contributed by atoms with E-state index in [1.807, 2.05) is 12.1 Å². The second-order valence-corrected chi connectivity index (χ2v) is 5.06. The maximum Gasteiger partial charge on any atom is 0.216 e. The number of fused-ring (bicyclic) bond motifs is 1. The molecule has 2 aromatic rings. The zero-order valence-corrected chi connectivity index (χ0v) is 10.9. The quantitative estimate of drug-likeness (QED) is 0.645. The number of nitrogens with one attached hydrogen (secondary N) is 2. The first-order chi connectivity index (χ1) is 8.18. The maximum absolute atomic E-state index is 10.8. The van der Waals surface area contributed by atoms with Crippen molar-refractivity contribution in [2.45, 2.75) is 18.7 Å². The highest BCUT2D eigenvalue weighted by molar-refractivity contribution is 7.99. The lowest BCUT2D eigenvalue weighted by Crippen LogP contribution is -2.22. The van der Waals surface area contributed by atoms with E-state index in [-0.39, 0.29) is 5.91 Å². The van der Waals surface area contributed by atoms with Gasteiger partial charge in [0, 0.05) is 40.7 Å². The molecular weight excluding hydrogens is 232 g/mol. The predicted octanol–water partition coefficient (Wildman–Crippen LogP) is 2.70. The highest BCUT2D eigenvalue weighted by Gasteiger charge is 2.07.